The Balaban J connectivity index is 2.47. The van der Waals surface area contributed by atoms with Crippen molar-refractivity contribution in [2.24, 2.45) is 0 Å². The summed E-state index contributed by atoms with van der Waals surface area (Å²) >= 11 is 0. The molecule has 7 nitrogen and oxygen atoms in total. The van der Waals surface area contributed by atoms with E-state index < -0.39 is 23.6 Å². The Kier molecular flexibility index (Phi) is 4.52. The first kappa shape index (κ1) is 15.0. The smallest absolute Gasteiger partial charge is 0.408 e. The van der Waals surface area contributed by atoms with E-state index in [1.807, 2.05) is 0 Å². The lowest BCUT2D eigenvalue weighted by molar-refractivity contribution is -0.117. The van der Waals surface area contributed by atoms with E-state index in [1.54, 1.807) is 40.7 Å². The van der Waals surface area contributed by atoms with E-state index in [2.05, 4.69) is 15.8 Å². The summed E-state index contributed by atoms with van der Waals surface area (Å²) in [6, 6.07) is 0.838. The lowest BCUT2D eigenvalue weighted by atomic mass is 10.2. The lowest BCUT2D eigenvalue weighted by Gasteiger charge is -2.21. The number of nitrogens with one attached hydrogen (secondary N) is 2. The molecule has 0 radical (unpaired) electrons. The molecule has 1 unspecified atom stereocenters. The molecule has 1 aromatic rings. The van der Waals surface area contributed by atoms with Gasteiger partial charge in [-0.3, -0.25) is 4.79 Å². The van der Waals surface area contributed by atoms with E-state index in [9.17, 15) is 9.59 Å². The number of rotatable bonds is 3. The third-order valence-corrected chi connectivity index (χ3v) is 2.01. The van der Waals surface area contributed by atoms with Crippen molar-refractivity contribution in [1.82, 2.24) is 10.5 Å². The van der Waals surface area contributed by atoms with Gasteiger partial charge in [-0.25, -0.2) is 4.79 Å². The number of aromatic nitrogens is 1. The fraction of sp³-hybridized carbons (Fsp3) is 0.583. The first-order valence-electron chi connectivity index (χ1n) is 5.91. The number of anilines is 1. The van der Waals surface area contributed by atoms with Crippen molar-refractivity contribution in [3.8, 4) is 0 Å². The van der Waals surface area contributed by atoms with Gasteiger partial charge in [-0.1, -0.05) is 5.16 Å². The van der Waals surface area contributed by atoms with Crippen molar-refractivity contribution < 1.29 is 18.8 Å². The highest BCUT2D eigenvalue weighted by atomic mass is 16.6. The summed E-state index contributed by atoms with van der Waals surface area (Å²) in [4.78, 5) is 23.2. The van der Waals surface area contributed by atoms with Crippen LogP contribution in [0.5, 0.6) is 0 Å². The van der Waals surface area contributed by atoms with Crippen molar-refractivity contribution >= 4 is 17.8 Å². The SMILES string of the molecule is Cc1cc(NC(=O)C(C)NC(=O)OC(C)(C)C)no1. The first-order valence-corrected chi connectivity index (χ1v) is 5.91. The molecule has 1 rings (SSSR count). The number of ether oxygens (including phenoxy) is 1. The van der Waals surface area contributed by atoms with Gasteiger partial charge >= 0.3 is 6.09 Å². The zero-order valence-electron chi connectivity index (χ0n) is 11.7. The molecule has 0 spiro atoms. The van der Waals surface area contributed by atoms with Crippen molar-refractivity contribution in [2.45, 2.75) is 46.3 Å². The van der Waals surface area contributed by atoms with Crippen LogP contribution in [0, 0.1) is 6.92 Å². The molecule has 1 atom stereocenters. The van der Waals surface area contributed by atoms with Crippen LogP contribution in [-0.4, -0.2) is 28.8 Å². The molecule has 0 aliphatic carbocycles. The van der Waals surface area contributed by atoms with E-state index >= 15 is 0 Å². The van der Waals surface area contributed by atoms with Crippen LogP contribution in [0.2, 0.25) is 0 Å². The average Bonchev–Trinajstić information content (AvgIpc) is 2.60. The maximum absolute atomic E-state index is 11.8. The molecule has 0 saturated carbocycles. The average molecular weight is 269 g/mol. The molecule has 2 N–H and O–H groups in total. The molecule has 19 heavy (non-hydrogen) atoms. The molecular formula is C12H19N3O4. The van der Waals surface area contributed by atoms with E-state index in [4.69, 9.17) is 9.26 Å². The van der Waals surface area contributed by atoms with Crippen LogP contribution >= 0.6 is 0 Å². The third-order valence-electron chi connectivity index (χ3n) is 2.01. The molecule has 0 aliphatic heterocycles. The molecule has 1 heterocycles. The summed E-state index contributed by atoms with van der Waals surface area (Å²) in [5.74, 6) is 0.488. The fourth-order valence-electron chi connectivity index (χ4n) is 1.21. The molecule has 0 bridgehead atoms. The van der Waals surface area contributed by atoms with Crippen molar-refractivity contribution in [3.63, 3.8) is 0 Å². The molecule has 7 heteroatoms. The highest BCUT2D eigenvalue weighted by molar-refractivity contribution is 5.95. The number of alkyl carbamates (subject to hydrolysis) is 1. The highest BCUT2D eigenvalue weighted by Gasteiger charge is 2.21. The Labute approximate surface area is 111 Å². The Morgan fingerprint density at radius 1 is 1.42 bits per heavy atom. The third kappa shape index (κ3) is 5.41. The normalized spacial score (nSPS) is 12.7. The second-order valence-electron chi connectivity index (χ2n) is 5.18. The number of hydrogen-bond acceptors (Lipinski definition) is 5. The van der Waals surface area contributed by atoms with Crippen molar-refractivity contribution in [3.05, 3.63) is 11.8 Å². The van der Waals surface area contributed by atoms with Gasteiger partial charge in [0.2, 0.25) is 5.91 Å². The Hall–Kier alpha value is -2.05. The summed E-state index contributed by atoms with van der Waals surface area (Å²) in [5, 5.41) is 8.57. The molecule has 0 aromatic carbocycles. The molecule has 1 aromatic heterocycles. The Morgan fingerprint density at radius 2 is 2.05 bits per heavy atom. The fourth-order valence-corrected chi connectivity index (χ4v) is 1.21. The number of amides is 2. The van der Waals surface area contributed by atoms with Gasteiger partial charge in [0.05, 0.1) is 0 Å². The van der Waals surface area contributed by atoms with Gasteiger partial charge in [-0.15, -0.1) is 0 Å². The van der Waals surface area contributed by atoms with Gasteiger partial charge in [-0.2, -0.15) is 0 Å². The number of carbonyl (C=O) groups excluding carboxylic acids is 2. The van der Waals surface area contributed by atoms with E-state index in [0.29, 0.717) is 11.6 Å². The molecule has 0 aliphatic rings. The van der Waals surface area contributed by atoms with Crippen molar-refractivity contribution in [2.75, 3.05) is 5.32 Å². The molecule has 106 valence electrons. The number of hydrogen-bond donors (Lipinski definition) is 2. The zero-order chi connectivity index (χ0) is 14.6. The minimum atomic E-state index is -0.744. The standard InChI is InChI=1S/C12H19N3O4/c1-7-6-9(15-19-7)14-10(16)8(2)13-11(17)18-12(3,4)5/h6,8H,1-5H3,(H,13,17)(H,14,15,16). The Morgan fingerprint density at radius 3 is 2.53 bits per heavy atom. The Bertz CT molecular complexity index is 462. The first-order chi connectivity index (χ1) is 8.67. The predicted octanol–water partition coefficient (Wildman–Crippen LogP) is 1.83. The molecule has 0 saturated heterocycles. The van der Waals surface area contributed by atoms with Crippen LogP contribution in [0.25, 0.3) is 0 Å². The monoisotopic (exact) mass is 269 g/mol. The van der Waals surface area contributed by atoms with E-state index in [0.717, 1.165) is 0 Å². The van der Waals surface area contributed by atoms with Gasteiger partial charge in [0.1, 0.15) is 17.4 Å². The summed E-state index contributed by atoms with van der Waals surface area (Å²) in [7, 11) is 0. The van der Waals surface area contributed by atoms with Crippen LogP contribution in [0.3, 0.4) is 0 Å². The predicted molar refractivity (Wildman–Crippen MR) is 68.7 cm³/mol. The maximum atomic E-state index is 11.8. The molecule has 2 amide bonds. The second kappa shape index (κ2) is 5.73. The summed E-state index contributed by atoms with van der Waals surface area (Å²) in [6.45, 7) is 8.50. The van der Waals surface area contributed by atoms with Crippen LogP contribution in [0.15, 0.2) is 10.6 Å². The largest absolute Gasteiger partial charge is 0.444 e. The summed E-state index contributed by atoms with van der Waals surface area (Å²) < 4.78 is 9.86. The molecular weight excluding hydrogens is 250 g/mol. The number of aryl methyl sites for hydroxylation is 1. The van der Waals surface area contributed by atoms with Gasteiger partial charge in [0.15, 0.2) is 5.82 Å². The van der Waals surface area contributed by atoms with Crippen LogP contribution in [0.1, 0.15) is 33.5 Å². The van der Waals surface area contributed by atoms with Gasteiger partial charge in [0, 0.05) is 6.07 Å². The topological polar surface area (TPSA) is 93.5 Å². The molecule has 0 fully saturated rings. The lowest BCUT2D eigenvalue weighted by Crippen LogP contribution is -2.44. The number of nitrogens with zero attached hydrogens (tertiary/aromatic N) is 1. The zero-order valence-corrected chi connectivity index (χ0v) is 11.7. The van der Waals surface area contributed by atoms with Gasteiger partial charge in [0.25, 0.3) is 0 Å². The van der Waals surface area contributed by atoms with Crippen LogP contribution in [0.4, 0.5) is 10.6 Å². The van der Waals surface area contributed by atoms with E-state index in [1.165, 1.54) is 0 Å². The summed E-state index contributed by atoms with van der Waals surface area (Å²) in [6.07, 6.45) is -0.647. The quantitative estimate of drug-likeness (QED) is 0.873. The minimum absolute atomic E-state index is 0.306. The van der Waals surface area contributed by atoms with Crippen LogP contribution in [-0.2, 0) is 9.53 Å². The summed E-state index contributed by atoms with van der Waals surface area (Å²) in [5.41, 5.74) is -0.608. The second-order valence-corrected chi connectivity index (χ2v) is 5.18. The van der Waals surface area contributed by atoms with Gasteiger partial charge < -0.3 is 19.9 Å². The van der Waals surface area contributed by atoms with Crippen molar-refractivity contribution in [1.29, 1.82) is 0 Å². The van der Waals surface area contributed by atoms with Gasteiger partial charge in [-0.05, 0) is 34.6 Å². The van der Waals surface area contributed by atoms with E-state index in [-0.39, 0.29) is 0 Å². The van der Waals surface area contributed by atoms with Crippen LogP contribution < -0.4 is 10.6 Å². The minimum Gasteiger partial charge on any atom is -0.444 e. The highest BCUT2D eigenvalue weighted by Crippen LogP contribution is 2.08. The maximum Gasteiger partial charge on any atom is 0.408 e. The number of carbonyl (C=O) groups is 2.